The molecule has 0 bridgehead atoms. The Morgan fingerprint density at radius 1 is 1.32 bits per heavy atom. The topological polar surface area (TPSA) is 101 Å². The van der Waals surface area contributed by atoms with Gasteiger partial charge >= 0.3 is 6.09 Å². The number of amides is 3. The summed E-state index contributed by atoms with van der Waals surface area (Å²) in [5.74, 6) is -0.891. The van der Waals surface area contributed by atoms with Crippen molar-refractivity contribution in [3.63, 3.8) is 0 Å². The Labute approximate surface area is 221 Å². The third-order valence-corrected chi connectivity index (χ3v) is 5.95. The first-order valence-electron chi connectivity index (χ1n) is 11.7. The van der Waals surface area contributed by atoms with Crippen LogP contribution in [0.3, 0.4) is 0 Å². The molecular weight excluding hydrogens is 503 g/mol. The third-order valence-electron chi connectivity index (χ3n) is 5.73. The Hall–Kier alpha value is -3.40. The summed E-state index contributed by atoms with van der Waals surface area (Å²) in [5.41, 5.74) is -0.201. The summed E-state index contributed by atoms with van der Waals surface area (Å²) in [5, 5.41) is 2.67. The van der Waals surface area contributed by atoms with Gasteiger partial charge in [-0.15, -0.1) is 0 Å². The summed E-state index contributed by atoms with van der Waals surface area (Å²) in [6.07, 6.45) is 2.92. The number of hydrogen-bond acceptors (Lipinski definition) is 6. The largest absolute Gasteiger partial charge is 0.481 e. The van der Waals surface area contributed by atoms with Crippen LogP contribution in [0.2, 0.25) is 5.02 Å². The van der Waals surface area contributed by atoms with Crippen LogP contribution in [-0.4, -0.2) is 79.5 Å². The first-order valence-corrected chi connectivity index (χ1v) is 12.1. The van der Waals surface area contributed by atoms with Crippen LogP contribution in [0, 0.1) is 5.82 Å². The highest BCUT2D eigenvalue weighted by Crippen LogP contribution is 2.37. The van der Waals surface area contributed by atoms with Gasteiger partial charge in [-0.05, 0) is 45.4 Å². The highest BCUT2D eigenvalue weighted by Gasteiger charge is 2.40. The van der Waals surface area contributed by atoms with Crippen LogP contribution >= 0.6 is 11.6 Å². The molecule has 202 valence electrons. The lowest BCUT2D eigenvalue weighted by Gasteiger charge is -2.45. The second-order valence-electron chi connectivity index (χ2n) is 9.39. The number of nitrogens with one attached hydrogen (secondary N) is 1. The van der Waals surface area contributed by atoms with Crippen molar-refractivity contribution in [3.05, 3.63) is 52.8 Å². The van der Waals surface area contributed by atoms with E-state index in [1.54, 1.807) is 27.7 Å². The summed E-state index contributed by atoms with van der Waals surface area (Å²) in [6.45, 7) is 11.0. The average Bonchev–Trinajstić information content (AvgIpc) is 2.84. The smallest absolute Gasteiger partial charge is 0.410 e. The number of piperazine rings is 1. The molecule has 1 N–H and O–H groups in total. The summed E-state index contributed by atoms with van der Waals surface area (Å²) in [7, 11) is 2.85. The van der Waals surface area contributed by atoms with Crippen LogP contribution in [0.1, 0.15) is 44.9 Å². The van der Waals surface area contributed by atoms with Crippen molar-refractivity contribution < 1.29 is 28.2 Å². The molecule has 37 heavy (non-hydrogen) atoms. The number of carbonyl (C=O) groups is 3. The predicted molar refractivity (Wildman–Crippen MR) is 141 cm³/mol. The number of allylic oxidation sites excluding steroid dienone is 2. The zero-order chi connectivity index (χ0) is 27.9. The van der Waals surface area contributed by atoms with Gasteiger partial charge in [0.1, 0.15) is 18.0 Å². The Morgan fingerprint density at radius 2 is 2.00 bits per heavy atom. The molecule has 1 aliphatic heterocycles. The molecule has 1 saturated heterocycles. The molecule has 1 fully saturated rings. The molecule has 1 aromatic carbocycles. The molecule has 2 atom stereocenters. The third kappa shape index (κ3) is 7.55. The maximum atomic E-state index is 16.1. The number of halogens is 2. The van der Waals surface area contributed by atoms with Gasteiger partial charge in [-0.2, -0.15) is 0 Å². The van der Waals surface area contributed by atoms with E-state index in [1.165, 1.54) is 48.2 Å². The van der Waals surface area contributed by atoms with Crippen molar-refractivity contribution in [2.45, 2.75) is 45.4 Å². The molecule has 1 aliphatic rings. The zero-order valence-corrected chi connectivity index (χ0v) is 22.8. The van der Waals surface area contributed by atoms with Gasteiger partial charge in [0.2, 0.25) is 18.2 Å². The SMILES string of the molecule is C=C/C(=C\C(=NCC(=O)NC)OC)c1cc(Cl)cc(C2[C@@H](C)N(C(=O)OC(C)(C)C)CCN2C=O)c1F. The standard InChI is InChI=1S/C26H34ClFN4O5/c1-8-17(11-22(36-7)30-14-21(34)29-6)19-12-18(27)13-20(23(19)28)24-16(2)32(10-9-31(24)15-33)25(35)37-26(3,4)5/h8,11-13,15-16,24H,1,9-10,14H2,2-7H3,(H,29,34)/b17-11+,30-22?/t16-,24?/m1/s1. The first-order chi connectivity index (χ1) is 17.4. The molecule has 1 unspecified atom stereocenters. The van der Waals surface area contributed by atoms with E-state index in [2.05, 4.69) is 16.9 Å². The Balaban J connectivity index is 2.57. The number of rotatable bonds is 7. The molecule has 0 radical (unpaired) electrons. The van der Waals surface area contributed by atoms with E-state index in [4.69, 9.17) is 21.1 Å². The van der Waals surface area contributed by atoms with E-state index < -0.39 is 29.6 Å². The first kappa shape index (κ1) is 29.8. The number of aliphatic imine (C=N–C) groups is 1. The van der Waals surface area contributed by atoms with E-state index >= 15 is 4.39 Å². The summed E-state index contributed by atoms with van der Waals surface area (Å²) in [6, 6.07) is 1.42. The molecule has 1 heterocycles. The van der Waals surface area contributed by atoms with Gasteiger partial charge in [0.15, 0.2) is 0 Å². The zero-order valence-electron chi connectivity index (χ0n) is 22.0. The molecule has 11 heteroatoms. The number of ether oxygens (including phenoxy) is 2. The van der Waals surface area contributed by atoms with Crippen molar-refractivity contribution in [2.24, 2.45) is 4.99 Å². The van der Waals surface area contributed by atoms with E-state index in [1.807, 2.05) is 0 Å². The van der Waals surface area contributed by atoms with Gasteiger partial charge < -0.3 is 24.6 Å². The van der Waals surface area contributed by atoms with Crippen LogP contribution in [0.4, 0.5) is 9.18 Å². The molecule has 9 nitrogen and oxygen atoms in total. The molecule has 0 aromatic heterocycles. The van der Waals surface area contributed by atoms with Crippen LogP contribution in [0.25, 0.3) is 5.57 Å². The van der Waals surface area contributed by atoms with Crippen LogP contribution < -0.4 is 5.32 Å². The quantitative estimate of drug-likeness (QED) is 0.246. The normalized spacial score (nSPS) is 18.8. The lowest BCUT2D eigenvalue weighted by molar-refractivity contribution is -0.125. The molecule has 0 saturated carbocycles. The second kappa shape index (κ2) is 12.7. The van der Waals surface area contributed by atoms with Gasteiger partial charge in [0.05, 0.1) is 19.2 Å². The van der Waals surface area contributed by atoms with Crippen molar-refractivity contribution >= 4 is 41.5 Å². The number of benzene rings is 1. The van der Waals surface area contributed by atoms with E-state index in [-0.39, 0.29) is 47.6 Å². The monoisotopic (exact) mass is 536 g/mol. The maximum absolute atomic E-state index is 16.1. The summed E-state index contributed by atoms with van der Waals surface area (Å²) < 4.78 is 26.9. The number of likely N-dealkylation sites (N-methyl/N-ethyl adjacent to an activating group) is 1. The fourth-order valence-corrected chi connectivity index (χ4v) is 4.19. The molecule has 3 amide bonds. The van der Waals surface area contributed by atoms with Gasteiger partial charge in [0.25, 0.3) is 0 Å². The van der Waals surface area contributed by atoms with E-state index in [0.717, 1.165) is 0 Å². The number of hydrogen-bond donors (Lipinski definition) is 1. The second-order valence-corrected chi connectivity index (χ2v) is 9.83. The minimum absolute atomic E-state index is 0.0797. The number of nitrogens with zero attached hydrogens (tertiary/aromatic N) is 3. The molecular formula is C26H34ClFN4O5. The van der Waals surface area contributed by atoms with Crippen LogP contribution in [-0.2, 0) is 19.1 Å². The van der Waals surface area contributed by atoms with Crippen LogP contribution in [0.15, 0.2) is 35.9 Å². The van der Waals surface area contributed by atoms with Gasteiger partial charge in [-0.3, -0.25) is 9.59 Å². The molecule has 2 rings (SSSR count). The Bertz CT molecular complexity index is 1100. The lowest BCUT2D eigenvalue weighted by Crippen LogP contribution is -2.56. The molecule has 1 aromatic rings. The fourth-order valence-electron chi connectivity index (χ4n) is 3.96. The minimum Gasteiger partial charge on any atom is -0.481 e. The van der Waals surface area contributed by atoms with Crippen molar-refractivity contribution in [3.8, 4) is 0 Å². The van der Waals surface area contributed by atoms with Crippen LogP contribution in [0.5, 0.6) is 0 Å². The lowest BCUT2D eigenvalue weighted by atomic mass is 9.91. The van der Waals surface area contributed by atoms with Gasteiger partial charge in [0, 0.05) is 42.4 Å². The van der Waals surface area contributed by atoms with E-state index in [9.17, 15) is 14.4 Å². The van der Waals surface area contributed by atoms with Crippen molar-refractivity contribution in [1.29, 1.82) is 0 Å². The Morgan fingerprint density at radius 3 is 2.54 bits per heavy atom. The Kier molecular flexibility index (Phi) is 10.2. The summed E-state index contributed by atoms with van der Waals surface area (Å²) in [4.78, 5) is 43.3. The number of carbonyl (C=O) groups excluding carboxylic acids is 3. The summed E-state index contributed by atoms with van der Waals surface area (Å²) >= 11 is 6.40. The molecule has 0 spiro atoms. The highest BCUT2D eigenvalue weighted by atomic mass is 35.5. The van der Waals surface area contributed by atoms with Gasteiger partial charge in [-0.25, -0.2) is 14.2 Å². The molecule has 0 aliphatic carbocycles. The van der Waals surface area contributed by atoms with Gasteiger partial charge in [-0.1, -0.05) is 24.3 Å². The average molecular weight is 537 g/mol. The number of methoxy groups -OCH3 is 1. The van der Waals surface area contributed by atoms with E-state index in [0.29, 0.717) is 12.0 Å². The minimum atomic E-state index is -0.828. The fraction of sp³-hybridized carbons (Fsp3) is 0.462. The van der Waals surface area contributed by atoms with Crippen molar-refractivity contribution in [2.75, 3.05) is 33.8 Å². The maximum Gasteiger partial charge on any atom is 0.410 e. The highest BCUT2D eigenvalue weighted by molar-refractivity contribution is 6.30. The predicted octanol–water partition coefficient (Wildman–Crippen LogP) is 3.98. The van der Waals surface area contributed by atoms with Crippen molar-refractivity contribution in [1.82, 2.24) is 15.1 Å².